The van der Waals surface area contributed by atoms with Crippen LogP contribution in [0.5, 0.6) is 0 Å². The van der Waals surface area contributed by atoms with Gasteiger partial charge in [-0.05, 0) is 89.7 Å². The molecule has 0 amide bonds. The van der Waals surface area contributed by atoms with E-state index < -0.39 is 0 Å². The van der Waals surface area contributed by atoms with Crippen molar-refractivity contribution in [3.05, 3.63) is 126 Å². The number of anilines is 3. The number of rotatable bonds is 7. The number of hydrogen-bond donors (Lipinski definition) is 0. The van der Waals surface area contributed by atoms with E-state index in [1.807, 2.05) is 0 Å². The lowest BCUT2D eigenvalue weighted by molar-refractivity contribution is 0.669. The maximum Gasteiger partial charge on any atom is 0.333 e. The second-order valence-corrected chi connectivity index (χ2v) is 13.8. The van der Waals surface area contributed by atoms with Crippen LogP contribution >= 0.6 is 0 Å². The highest BCUT2D eigenvalue weighted by molar-refractivity contribution is 6.90. The molecule has 4 heteroatoms. The molecule has 0 saturated heterocycles. The Kier molecular flexibility index (Phi) is 6.18. The van der Waals surface area contributed by atoms with E-state index in [4.69, 9.17) is 4.42 Å². The highest BCUT2D eigenvalue weighted by Crippen LogP contribution is 2.49. The molecule has 0 saturated carbocycles. The summed E-state index contributed by atoms with van der Waals surface area (Å²) in [6.07, 6.45) is 6.98. The monoisotopic (exact) mass is 620 g/mol. The Hall–Kier alpha value is -5.22. The Labute approximate surface area is 281 Å². The standard InChI is InChI=1S/C44H37BN2O/c1-3-5-12-28-20-23-30(24-21-28)46-39-25-22-29(13-6-4-2)26-37(39)45-41-35(27-36-32-15-8-10-19-40(32)48-44(36)43(41)46)34-17-11-16-33-31-14-7-9-18-38(31)47(45)42(33)34/h7-11,14-27H,3-6,12-13H2,1-2H3. The quantitative estimate of drug-likeness (QED) is 0.165. The van der Waals surface area contributed by atoms with E-state index in [0.717, 1.165) is 29.4 Å². The van der Waals surface area contributed by atoms with E-state index in [9.17, 15) is 0 Å². The van der Waals surface area contributed by atoms with Crippen LogP contribution in [0.4, 0.5) is 17.1 Å². The largest absolute Gasteiger partial charge is 0.454 e. The van der Waals surface area contributed by atoms with Crippen molar-refractivity contribution in [3.63, 3.8) is 0 Å². The van der Waals surface area contributed by atoms with Gasteiger partial charge in [-0.1, -0.05) is 106 Å². The maximum absolute atomic E-state index is 6.92. The minimum absolute atomic E-state index is 0.0153. The molecule has 0 aliphatic carbocycles. The van der Waals surface area contributed by atoms with E-state index in [0.29, 0.717) is 0 Å². The van der Waals surface area contributed by atoms with Crippen LogP contribution in [0.2, 0.25) is 0 Å². The molecule has 0 N–H and O–H groups in total. The fourth-order valence-electron chi connectivity index (χ4n) is 8.68. The number of fused-ring (bicyclic) bond motifs is 11. The van der Waals surface area contributed by atoms with Gasteiger partial charge in [0.1, 0.15) is 5.58 Å². The molecule has 232 valence electrons. The van der Waals surface area contributed by atoms with E-state index in [2.05, 4.69) is 138 Å². The lowest BCUT2D eigenvalue weighted by atomic mass is 9.45. The molecular formula is C44H37BN2O. The number of hydrogen-bond acceptors (Lipinski definition) is 2. The highest BCUT2D eigenvalue weighted by atomic mass is 16.3. The summed E-state index contributed by atoms with van der Waals surface area (Å²) < 4.78 is 9.57. The molecule has 6 aromatic carbocycles. The molecule has 2 aliphatic rings. The zero-order valence-corrected chi connectivity index (χ0v) is 27.6. The summed E-state index contributed by atoms with van der Waals surface area (Å²) in [6, 6.07) is 43.4. The van der Waals surface area contributed by atoms with Crippen molar-refractivity contribution in [1.82, 2.24) is 4.48 Å². The highest BCUT2D eigenvalue weighted by Gasteiger charge is 2.44. The topological polar surface area (TPSA) is 21.3 Å². The minimum atomic E-state index is 0.0153. The number of benzene rings is 6. The SMILES string of the molecule is CCCCc1ccc(N2c3ccc(CCCC)cc3B3c4c(cc5c(oc6ccccc65)c42)-c2cccc4c5ccccc5n3c24)cc1. The number of furan rings is 1. The van der Waals surface area contributed by atoms with Crippen molar-refractivity contribution in [3.8, 4) is 11.1 Å². The molecule has 10 rings (SSSR count). The van der Waals surface area contributed by atoms with Gasteiger partial charge in [-0.3, -0.25) is 0 Å². The van der Waals surface area contributed by atoms with Crippen LogP contribution in [-0.2, 0) is 12.8 Å². The van der Waals surface area contributed by atoms with Gasteiger partial charge in [0.25, 0.3) is 0 Å². The summed E-state index contributed by atoms with van der Waals surface area (Å²) in [7, 11) is 0. The first-order valence-electron chi connectivity index (χ1n) is 17.8. The van der Waals surface area contributed by atoms with Crippen LogP contribution < -0.4 is 15.8 Å². The summed E-state index contributed by atoms with van der Waals surface area (Å²) in [5.74, 6) is 0. The van der Waals surface area contributed by atoms with Crippen molar-refractivity contribution in [2.45, 2.75) is 52.4 Å². The molecule has 0 radical (unpaired) electrons. The predicted molar refractivity (Wildman–Crippen MR) is 204 cm³/mol. The van der Waals surface area contributed by atoms with Crippen LogP contribution in [-0.4, -0.2) is 11.3 Å². The molecule has 4 heterocycles. The van der Waals surface area contributed by atoms with Crippen LogP contribution in [0.3, 0.4) is 0 Å². The van der Waals surface area contributed by atoms with Crippen LogP contribution in [0.15, 0.2) is 120 Å². The molecule has 8 aromatic rings. The van der Waals surface area contributed by atoms with Gasteiger partial charge in [0, 0.05) is 49.5 Å². The second kappa shape index (κ2) is 10.7. The normalized spacial score (nSPS) is 13.2. The zero-order chi connectivity index (χ0) is 31.9. The average molecular weight is 621 g/mol. The molecule has 0 fully saturated rings. The van der Waals surface area contributed by atoms with E-state index in [-0.39, 0.29) is 6.85 Å². The van der Waals surface area contributed by atoms with Gasteiger partial charge in [-0.25, -0.2) is 0 Å². The third-order valence-corrected chi connectivity index (χ3v) is 10.9. The first-order valence-corrected chi connectivity index (χ1v) is 17.8. The van der Waals surface area contributed by atoms with Gasteiger partial charge in [-0.15, -0.1) is 0 Å². The molecule has 0 spiro atoms. The van der Waals surface area contributed by atoms with Crippen LogP contribution in [0.25, 0.3) is 54.9 Å². The number of unbranched alkanes of at least 4 members (excludes halogenated alkanes) is 2. The fraction of sp³-hybridized carbons (Fsp3) is 0.182. The van der Waals surface area contributed by atoms with Gasteiger partial charge in [0.2, 0.25) is 0 Å². The molecule has 0 bridgehead atoms. The Morgan fingerprint density at radius 3 is 2.19 bits per heavy atom. The van der Waals surface area contributed by atoms with Gasteiger partial charge < -0.3 is 13.8 Å². The van der Waals surface area contributed by atoms with Gasteiger partial charge in [0.15, 0.2) is 5.58 Å². The van der Waals surface area contributed by atoms with Crippen LogP contribution in [0.1, 0.15) is 50.7 Å². The van der Waals surface area contributed by atoms with Crippen LogP contribution in [0, 0.1) is 0 Å². The summed E-state index contributed by atoms with van der Waals surface area (Å²) >= 11 is 0. The lowest BCUT2D eigenvalue weighted by Gasteiger charge is -2.40. The van der Waals surface area contributed by atoms with E-state index >= 15 is 0 Å². The summed E-state index contributed by atoms with van der Waals surface area (Å²) in [5, 5.41) is 4.97. The number of aryl methyl sites for hydroxylation is 2. The number of para-hydroxylation sites is 3. The Morgan fingerprint density at radius 2 is 1.35 bits per heavy atom. The van der Waals surface area contributed by atoms with Crippen molar-refractivity contribution in [2.75, 3.05) is 4.90 Å². The summed E-state index contributed by atoms with van der Waals surface area (Å²) in [5.41, 5.74) is 16.2. The number of aromatic nitrogens is 1. The smallest absolute Gasteiger partial charge is 0.333 e. The maximum atomic E-state index is 6.92. The van der Waals surface area contributed by atoms with Gasteiger partial charge in [-0.2, -0.15) is 0 Å². The zero-order valence-electron chi connectivity index (χ0n) is 27.6. The van der Waals surface area contributed by atoms with Crippen molar-refractivity contribution in [2.24, 2.45) is 0 Å². The average Bonchev–Trinajstić information content (AvgIpc) is 3.68. The van der Waals surface area contributed by atoms with E-state index in [1.54, 1.807) is 0 Å². The first kappa shape index (κ1) is 27.9. The molecule has 2 aromatic heterocycles. The van der Waals surface area contributed by atoms with Crippen molar-refractivity contribution < 1.29 is 4.42 Å². The van der Waals surface area contributed by atoms with Gasteiger partial charge in [0.05, 0.1) is 5.69 Å². The molecule has 48 heavy (non-hydrogen) atoms. The first-order chi connectivity index (χ1) is 23.7. The Bertz CT molecular complexity index is 2550. The fourth-order valence-corrected chi connectivity index (χ4v) is 8.68. The summed E-state index contributed by atoms with van der Waals surface area (Å²) in [4.78, 5) is 2.51. The summed E-state index contributed by atoms with van der Waals surface area (Å²) in [6.45, 7) is 4.56. The number of nitrogens with zero attached hydrogens (tertiary/aromatic N) is 2. The van der Waals surface area contributed by atoms with Crippen molar-refractivity contribution >= 4 is 78.6 Å². The minimum Gasteiger partial charge on any atom is -0.454 e. The molecule has 0 unspecified atom stereocenters. The molecular weight excluding hydrogens is 583 g/mol. The Morgan fingerprint density at radius 1 is 0.625 bits per heavy atom. The predicted octanol–water partition coefficient (Wildman–Crippen LogP) is 10.8. The molecule has 3 nitrogen and oxygen atoms in total. The lowest BCUT2D eigenvalue weighted by Crippen LogP contribution is -2.56. The Balaban J connectivity index is 1.36. The van der Waals surface area contributed by atoms with E-state index in [1.165, 1.54) is 103 Å². The third kappa shape index (κ3) is 3.83. The van der Waals surface area contributed by atoms with Gasteiger partial charge >= 0.3 is 6.85 Å². The third-order valence-electron chi connectivity index (χ3n) is 10.9. The molecule has 0 atom stereocenters. The van der Waals surface area contributed by atoms with Crippen molar-refractivity contribution in [1.29, 1.82) is 0 Å². The molecule has 2 aliphatic heterocycles. The second-order valence-electron chi connectivity index (χ2n) is 13.8.